The fraction of sp³-hybridized carbons (Fsp3) is 0.424. The highest BCUT2D eigenvalue weighted by molar-refractivity contribution is 7.89. The molecule has 3 aliphatic rings. The van der Waals surface area contributed by atoms with E-state index in [2.05, 4.69) is 20.5 Å². The molecule has 5 unspecified atom stereocenters. The van der Waals surface area contributed by atoms with E-state index in [1.807, 2.05) is 0 Å². The van der Waals surface area contributed by atoms with E-state index in [-0.39, 0.29) is 58.1 Å². The van der Waals surface area contributed by atoms with Gasteiger partial charge in [-0.05, 0) is 67.1 Å². The SMILES string of the molecule is COC(=O)N[C@H](C(=O)Nc1cccc(F)c1CCC1C2CN2C2CCCS(=O)(=O)N1C2)[C@H](c1cncc(C(F)(F)F)c1)c1ccc(Cl)c(F)c1. The molecule has 3 aromatic rings. The van der Waals surface area contributed by atoms with Crippen molar-refractivity contribution < 1.29 is 44.7 Å². The minimum absolute atomic E-state index is 0.00155. The molecule has 2 N–H and O–H groups in total. The monoisotopic (exact) mass is 741 g/mol. The molecule has 0 spiro atoms. The van der Waals surface area contributed by atoms with E-state index >= 15 is 4.39 Å². The number of rotatable bonds is 9. The largest absolute Gasteiger partial charge is 0.453 e. The Bertz CT molecular complexity index is 1900. The number of nitrogens with one attached hydrogen (secondary N) is 2. The first kappa shape index (κ1) is 35.9. The van der Waals surface area contributed by atoms with Gasteiger partial charge in [-0.15, -0.1) is 0 Å². The van der Waals surface area contributed by atoms with E-state index in [1.165, 1.54) is 28.6 Å². The Kier molecular flexibility index (Phi) is 10.1. The van der Waals surface area contributed by atoms with Crippen LogP contribution in [0.1, 0.15) is 47.4 Å². The quantitative estimate of drug-likeness (QED) is 0.225. The van der Waals surface area contributed by atoms with Crippen LogP contribution in [-0.4, -0.2) is 84.7 Å². The number of piperazine rings is 1. The summed E-state index contributed by atoms with van der Waals surface area (Å²) >= 11 is 5.87. The second kappa shape index (κ2) is 14.0. The van der Waals surface area contributed by atoms with Crippen LogP contribution in [0.25, 0.3) is 0 Å². The number of alkyl carbamates (subject to hydrolysis) is 1. The summed E-state index contributed by atoms with van der Waals surface area (Å²) in [5.74, 6) is -4.05. The van der Waals surface area contributed by atoms with E-state index in [0.717, 1.165) is 44.5 Å². The van der Waals surface area contributed by atoms with Gasteiger partial charge >= 0.3 is 12.3 Å². The van der Waals surface area contributed by atoms with Gasteiger partial charge in [0.1, 0.15) is 17.7 Å². The fourth-order valence-corrected chi connectivity index (χ4v) is 9.03. The highest BCUT2D eigenvalue weighted by atomic mass is 35.5. The Morgan fingerprint density at radius 1 is 1.08 bits per heavy atom. The molecule has 0 saturated carbocycles. The highest BCUT2D eigenvalue weighted by Gasteiger charge is 2.55. The standard InChI is InChI=1S/C33H33ClF5N5O5S/c1-49-32(46)42-30(29(18-7-9-23(34)25(36)13-18)19-12-20(15-40-14-19)33(37,38)39)31(45)41-26-6-2-5-24(35)22(26)8-10-27-28-17-43(28)21-4-3-11-50(47,48)44(27)16-21/h2,5-7,9,12-15,21,27-30H,3-4,8,10-11,16-17H2,1H3,(H,41,45)(H,42,46)/t21?,27?,28?,29-,30-,43?/m0/s1. The molecular formula is C33H33ClF5N5O5S. The molecule has 2 bridgehead atoms. The van der Waals surface area contributed by atoms with Crippen molar-refractivity contribution in [2.24, 2.45) is 0 Å². The first-order valence-electron chi connectivity index (χ1n) is 15.8. The lowest BCUT2D eigenvalue weighted by molar-refractivity contribution is -0.137. The number of pyridine rings is 1. The van der Waals surface area contributed by atoms with Crippen molar-refractivity contribution in [3.63, 3.8) is 0 Å². The van der Waals surface area contributed by atoms with E-state index in [4.69, 9.17) is 16.3 Å². The number of alkyl halides is 3. The molecule has 10 nitrogen and oxygen atoms in total. The number of amides is 2. The number of nitrogens with zero attached hydrogens (tertiary/aromatic N) is 3. The second-order valence-electron chi connectivity index (χ2n) is 12.6. The molecule has 7 atom stereocenters. The first-order chi connectivity index (χ1) is 23.7. The molecule has 3 fully saturated rings. The van der Waals surface area contributed by atoms with Crippen molar-refractivity contribution >= 4 is 39.3 Å². The number of benzene rings is 2. The zero-order valence-electron chi connectivity index (χ0n) is 26.6. The molecule has 3 aliphatic heterocycles. The van der Waals surface area contributed by atoms with E-state index < -0.39 is 63.4 Å². The van der Waals surface area contributed by atoms with Crippen LogP contribution in [0.4, 0.5) is 32.4 Å². The van der Waals surface area contributed by atoms with Crippen LogP contribution in [0.3, 0.4) is 0 Å². The zero-order chi connectivity index (χ0) is 36.0. The van der Waals surface area contributed by atoms with Gasteiger partial charge < -0.3 is 15.4 Å². The van der Waals surface area contributed by atoms with Crippen LogP contribution in [-0.2, 0) is 32.2 Å². The number of aromatic nitrogens is 1. The molecule has 268 valence electrons. The topological polar surface area (TPSA) is 121 Å². The van der Waals surface area contributed by atoms with Gasteiger partial charge in [-0.1, -0.05) is 23.7 Å². The Morgan fingerprint density at radius 2 is 1.86 bits per heavy atom. The average molecular weight is 742 g/mol. The first-order valence-corrected chi connectivity index (χ1v) is 17.8. The third-order valence-electron chi connectivity index (χ3n) is 9.55. The van der Waals surface area contributed by atoms with Gasteiger partial charge in [-0.3, -0.25) is 14.7 Å². The predicted molar refractivity (Wildman–Crippen MR) is 173 cm³/mol. The maximum atomic E-state index is 15.5. The van der Waals surface area contributed by atoms with Gasteiger partial charge in [0.15, 0.2) is 0 Å². The summed E-state index contributed by atoms with van der Waals surface area (Å²) < 4.78 is 104. The Morgan fingerprint density at radius 3 is 2.58 bits per heavy atom. The summed E-state index contributed by atoms with van der Waals surface area (Å²) in [5, 5.41) is 4.64. The number of hydrogen-bond acceptors (Lipinski definition) is 7. The summed E-state index contributed by atoms with van der Waals surface area (Å²) in [4.78, 5) is 32.6. The molecule has 0 aliphatic carbocycles. The predicted octanol–water partition coefficient (Wildman–Crippen LogP) is 5.32. The number of ether oxygens (including phenoxy) is 1. The summed E-state index contributed by atoms with van der Waals surface area (Å²) in [7, 11) is -2.51. The molecular weight excluding hydrogens is 709 g/mol. The van der Waals surface area contributed by atoms with Gasteiger partial charge in [0.25, 0.3) is 0 Å². The number of carbonyl (C=O) groups excluding carboxylic acids is 2. The lowest BCUT2D eigenvalue weighted by Crippen LogP contribution is -2.53. The van der Waals surface area contributed by atoms with Gasteiger partial charge in [0.2, 0.25) is 15.9 Å². The normalized spacial score (nSPS) is 25.0. The molecule has 0 radical (unpaired) electrons. The van der Waals surface area contributed by atoms with Crippen LogP contribution in [0, 0.1) is 11.6 Å². The van der Waals surface area contributed by atoms with Crippen molar-refractivity contribution in [1.82, 2.24) is 19.5 Å². The molecule has 6 rings (SSSR count). The lowest BCUT2D eigenvalue weighted by Gasteiger charge is -2.37. The smallest absolute Gasteiger partial charge is 0.417 e. The minimum Gasteiger partial charge on any atom is -0.453 e. The van der Waals surface area contributed by atoms with Crippen molar-refractivity contribution in [2.45, 2.75) is 61.9 Å². The number of carbonyl (C=O) groups is 2. The summed E-state index contributed by atoms with van der Waals surface area (Å²) in [6.07, 6.45) is -2.71. The summed E-state index contributed by atoms with van der Waals surface area (Å²) in [6, 6.07) is 6.03. The summed E-state index contributed by atoms with van der Waals surface area (Å²) in [6.45, 7) is 1.10. The fourth-order valence-electron chi connectivity index (χ4n) is 7.09. The molecule has 3 saturated heterocycles. The van der Waals surface area contributed by atoms with Crippen LogP contribution >= 0.6 is 11.6 Å². The number of halogens is 6. The molecule has 1 aromatic heterocycles. The summed E-state index contributed by atoms with van der Waals surface area (Å²) in [5.41, 5.74) is -1.34. The van der Waals surface area contributed by atoms with Gasteiger partial charge in [0, 0.05) is 60.8 Å². The number of methoxy groups -OCH3 is 1. The second-order valence-corrected chi connectivity index (χ2v) is 15.0. The number of anilines is 1. The van der Waals surface area contributed by atoms with E-state index in [0.29, 0.717) is 19.2 Å². The van der Waals surface area contributed by atoms with Gasteiger partial charge in [-0.2, -0.15) is 17.5 Å². The third-order valence-corrected chi connectivity index (χ3v) is 11.8. The third kappa shape index (κ3) is 7.43. The van der Waals surface area contributed by atoms with Crippen molar-refractivity contribution in [1.29, 1.82) is 0 Å². The van der Waals surface area contributed by atoms with Gasteiger partial charge in [0.05, 0.1) is 23.4 Å². The average Bonchev–Trinajstić information content (AvgIpc) is 3.88. The number of fused-ring (bicyclic) bond motifs is 4. The van der Waals surface area contributed by atoms with Crippen LogP contribution in [0.15, 0.2) is 54.9 Å². The van der Waals surface area contributed by atoms with Gasteiger partial charge in [-0.25, -0.2) is 22.0 Å². The highest BCUT2D eigenvalue weighted by Crippen LogP contribution is 2.41. The van der Waals surface area contributed by atoms with Crippen LogP contribution in [0.5, 0.6) is 0 Å². The number of hydrogen-bond donors (Lipinski definition) is 2. The Hall–Kier alpha value is -3.86. The Balaban J connectivity index is 1.33. The van der Waals surface area contributed by atoms with Crippen LogP contribution in [0.2, 0.25) is 5.02 Å². The molecule has 4 heterocycles. The van der Waals surface area contributed by atoms with Crippen molar-refractivity contribution in [3.8, 4) is 0 Å². The molecule has 2 aromatic carbocycles. The number of sulfonamides is 1. The van der Waals surface area contributed by atoms with E-state index in [1.54, 1.807) is 0 Å². The molecule has 2 amide bonds. The van der Waals surface area contributed by atoms with E-state index in [9.17, 15) is 35.6 Å². The lowest BCUT2D eigenvalue weighted by atomic mass is 9.84. The minimum atomic E-state index is -4.83. The molecule has 50 heavy (non-hydrogen) atoms. The van der Waals surface area contributed by atoms with Crippen molar-refractivity contribution in [3.05, 3.63) is 93.8 Å². The maximum absolute atomic E-state index is 15.5. The van der Waals surface area contributed by atoms with Crippen molar-refractivity contribution in [2.75, 3.05) is 31.3 Å². The van der Waals surface area contributed by atoms with Crippen LogP contribution < -0.4 is 10.6 Å². The maximum Gasteiger partial charge on any atom is 0.417 e. The zero-order valence-corrected chi connectivity index (χ0v) is 28.2. The Labute approximate surface area is 290 Å². The molecule has 17 heteroatoms.